The summed E-state index contributed by atoms with van der Waals surface area (Å²) in [6.45, 7) is 2.22. The van der Waals surface area contributed by atoms with E-state index in [2.05, 4.69) is 5.32 Å². The molecule has 0 spiro atoms. The number of carbonyl (C=O) groups excluding carboxylic acids is 1. The Labute approximate surface area is 153 Å². The van der Waals surface area contributed by atoms with Gasteiger partial charge in [0.05, 0.1) is 17.6 Å². The van der Waals surface area contributed by atoms with Gasteiger partial charge in [-0.2, -0.15) is 4.31 Å². The van der Waals surface area contributed by atoms with Crippen molar-refractivity contribution in [3.8, 4) is 5.75 Å². The van der Waals surface area contributed by atoms with Gasteiger partial charge in [-0.25, -0.2) is 8.42 Å². The van der Waals surface area contributed by atoms with Crippen LogP contribution in [0.3, 0.4) is 0 Å². The molecule has 1 atom stereocenters. The van der Waals surface area contributed by atoms with E-state index in [0.717, 1.165) is 25.7 Å². The van der Waals surface area contributed by atoms with E-state index in [4.69, 9.17) is 9.84 Å². The van der Waals surface area contributed by atoms with E-state index in [1.165, 1.54) is 36.5 Å². The van der Waals surface area contributed by atoms with Crippen molar-refractivity contribution in [2.45, 2.75) is 43.5 Å². The molecule has 9 heteroatoms. The van der Waals surface area contributed by atoms with Crippen LogP contribution in [0.5, 0.6) is 5.75 Å². The predicted octanol–water partition coefficient (Wildman–Crippen LogP) is 1.46. The van der Waals surface area contributed by atoms with Crippen LogP contribution in [0.2, 0.25) is 0 Å². The van der Waals surface area contributed by atoms with Gasteiger partial charge >= 0.3 is 5.97 Å². The molecule has 2 N–H and O–H groups in total. The van der Waals surface area contributed by atoms with E-state index in [-0.39, 0.29) is 16.2 Å². The van der Waals surface area contributed by atoms with E-state index in [1.54, 1.807) is 0 Å². The van der Waals surface area contributed by atoms with Crippen molar-refractivity contribution in [1.29, 1.82) is 0 Å². The van der Waals surface area contributed by atoms with Crippen molar-refractivity contribution in [2.24, 2.45) is 0 Å². The zero-order valence-electron chi connectivity index (χ0n) is 14.9. The lowest BCUT2D eigenvalue weighted by Crippen LogP contribution is -2.38. The van der Waals surface area contributed by atoms with Crippen LogP contribution < -0.4 is 10.1 Å². The van der Waals surface area contributed by atoms with Crippen molar-refractivity contribution >= 4 is 21.9 Å². The first-order valence-corrected chi connectivity index (χ1v) is 9.93. The Hall–Kier alpha value is -2.13. The number of carboxylic acids is 1. The number of hydrogen-bond donors (Lipinski definition) is 2. The molecule has 1 amide bonds. The molecule has 144 valence electrons. The van der Waals surface area contributed by atoms with Gasteiger partial charge < -0.3 is 15.2 Å². The van der Waals surface area contributed by atoms with Crippen molar-refractivity contribution < 1.29 is 27.9 Å². The molecule has 8 nitrogen and oxygen atoms in total. The summed E-state index contributed by atoms with van der Waals surface area (Å²) < 4.78 is 32.4. The molecule has 26 heavy (non-hydrogen) atoms. The number of carboxylic acid groups (broad SMARTS) is 1. The van der Waals surface area contributed by atoms with Gasteiger partial charge in [0, 0.05) is 13.1 Å². The van der Waals surface area contributed by atoms with Gasteiger partial charge in [0.2, 0.25) is 10.0 Å². The molecule has 1 aromatic carbocycles. The molecule has 1 aromatic rings. The average molecular weight is 384 g/mol. The fourth-order valence-corrected chi connectivity index (χ4v) is 4.34. The van der Waals surface area contributed by atoms with Gasteiger partial charge in [0.1, 0.15) is 11.8 Å². The highest BCUT2D eigenvalue weighted by Crippen LogP contribution is 2.26. The molecule has 2 rings (SSSR count). The van der Waals surface area contributed by atoms with Crippen molar-refractivity contribution in [2.75, 3.05) is 20.2 Å². The summed E-state index contributed by atoms with van der Waals surface area (Å²) in [5.41, 5.74) is -0.0171. The number of amides is 1. The zero-order chi connectivity index (χ0) is 19.3. The van der Waals surface area contributed by atoms with Crippen LogP contribution in [-0.4, -0.2) is 55.9 Å². The Bertz CT molecular complexity index is 769. The maximum atomic E-state index is 12.9. The second-order valence-electron chi connectivity index (χ2n) is 6.21. The van der Waals surface area contributed by atoms with E-state index >= 15 is 0 Å². The molecule has 0 aliphatic carbocycles. The Morgan fingerprint density at radius 2 is 1.81 bits per heavy atom. The van der Waals surface area contributed by atoms with E-state index in [1.807, 2.05) is 0 Å². The molecule has 1 aliphatic heterocycles. The Balaban J connectivity index is 2.36. The third kappa shape index (κ3) is 4.53. The second kappa shape index (κ2) is 8.50. The van der Waals surface area contributed by atoms with Crippen LogP contribution in [-0.2, 0) is 14.8 Å². The summed E-state index contributed by atoms with van der Waals surface area (Å²) in [7, 11) is -2.37. The van der Waals surface area contributed by atoms with Crippen LogP contribution >= 0.6 is 0 Å². The highest BCUT2D eigenvalue weighted by atomic mass is 32.2. The number of sulfonamides is 1. The molecular formula is C17H24N2O6S. The third-order valence-electron chi connectivity index (χ3n) is 4.34. The fourth-order valence-electron chi connectivity index (χ4n) is 2.79. The Morgan fingerprint density at radius 1 is 1.19 bits per heavy atom. The number of nitrogens with one attached hydrogen (secondary N) is 1. The van der Waals surface area contributed by atoms with Crippen LogP contribution in [0, 0.1) is 0 Å². The number of aliphatic carboxylic acids is 1. The molecule has 0 radical (unpaired) electrons. The number of methoxy groups -OCH3 is 1. The molecular weight excluding hydrogens is 360 g/mol. The zero-order valence-corrected chi connectivity index (χ0v) is 15.7. The first kappa shape index (κ1) is 20.2. The van der Waals surface area contributed by atoms with Gasteiger partial charge in [-0.15, -0.1) is 0 Å². The van der Waals surface area contributed by atoms with Crippen molar-refractivity contribution in [3.63, 3.8) is 0 Å². The first-order valence-electron chi connectivity index (χ1n) is 8.49. The Kier molecular flexibility index (Phi) is 6.60. The minimum absolute atomic E-state index is 0.00618. The molecule has 0 unspecified atom stereocenters. The Morgan fingerprint density at radius 3 is 2.35 bits per heavy atom. The molecule has 0 saturated carbocycles. The summed E-state index contributed by atoms with van der Waals surface area (Å²) in [5.74, 6) is -1.72. The number of carbonyl (C=O) groups is 2. The van der Waals surface area contributed by atoms with E-state index < -0.39 is 27.9 Å². The topological polar surface area (TPSA) is 113 Å². The predicted molar refractivity (Wildman–Crippen MR) is 94.8 cm³/mol. The van der Waals surface area contributed by atoms with Crippen LogP contribution in [0.4, 0.5) is 0 Å². The monoisotopic (exact) mass is 384 g/mol. The molecule has 1 saturated heterocycles. The van der Waals surface area contributed by atoms with Gasteiger partial charge in [0.15, 0.2) is 0 Å². The third-order valence-corrected chi connectivity index (χ3v) is 6.23. The largest absolute Gasteiger partial charge is 0.496 e. The minimum Gasteiger partial charge on any atom is -0.496 e. The number of ether oxygens (including phenoxy) is 1. The van der Waals surface area contributed by atoms with Crippen LogP contribution in [0.25, 0.3) is 0 Å². The lowest BCUT2D eigenvalue weighted by Gasteiger charge is -2.21. The number of benzene rings is 1. The molecule has 0 aromatic heterocycles. The smallest absolute Gasteiger partial charge is 0.325 e. The molecule has 1 fully saturated rings. The normalized spacial score (nSPS) is 17.2. The minimum atomic E-state index is -3.73. The van der Waals surface area contributed by atoms with Crippen LogP contribution in [0.15, 0.2) is 23.1 Å². The van der Waals surface area contributed by atoms with Gasteiger partial charge in [-0.3, -0.25) is 9.59 Å². The molecule has 1 heterocycles. The summed E-state index contributed by atoms with van der Waals surface area (Å²) in [4.78, 5) is 23.3. The fraction of sp³-hybridized carbons (Fsp3) is 0.529. The maximum Gasteiger partial charge on any atom is 0.325 e. The lowest BCUT2D eigenvalue weighted by molar-refractivity contribution is -0.138. The van der Waals surface area contributed by atoms with E-state index in [9.17, 15) is 18.0 Å². The van der Waals surface area contributed by atoms with Crippen molar-refractivity contribution in [3.05, 3.63) is 23.8 Å². The summed E-state index contributed by atoms with van der Waals surface area (Å²) in [6.07, 6.45) is 3.60. The standard InChI is InChI=1S/C17H24N2O6S/c1-12(17(21)22)18-16(20)14-11-13(7-8-15(14)25-2)26(23,24)19-9-5-3-4-6-10-19/h7-8,11-12H,3-6,9-10H2,1-2H3,(H,18,20)(H,21,22)/t12-/m0/s1. The summed E-state index contributed by atoms with van der Waals surface area (Å²) in [6, 6.07) is 2.93. The first-order chi connectivity index (χ1) is 12.3. The molecule has 1 aliphatic rings. The highest BCUT2D eigenvalue weighted by Gasteiger charge is 2.27. The maximum absolute atomic E-state index is 12.9. The number of nitrogens with zero attached hydrogens (tertiary/aromatic N) is 1. The highest BCUT2D eigenvalue weighted by molar-refractivity contribution is 7.89. The molecule has 0 bridgehead atoms. The van der Waals surface area contributed by atoms with Gasteiger partial charge in [-0.1, -0.05) is 12.8 Å². The quantitative estimate of drug-likeness (QED) is 0.768. The average Bonchev–Trinajstić information content (AvgIpc) is 2.90. The van der Waals surface area contributed by atoms with Gasteiger partial charge in [0.25, 0.3) is 5.91 Å². The second-order valence-corrected chi connectivity index (χ2v) is 8.15. The lowest BCUT2D eigenvalue weighted by atomic mass is 10.1. The number of hydrogen-bond acceptors (Lipinski definition) is 5. The van der Waals surface area contributed by atoms with Crippen molar-refractivity contribution in [1.82, 2.24) is 9.62 Å². The van der Waals surface area contributed by atoms with Gasteiger partial charge in [-0.05, 0) is 38.0 Å². The SMILES string of the molecule is COc1ccc(S(=O)(=O)N2CCCCCC2)cc1C(=O)N[C@@H](C)C(=O)O. The van der Waals surface area contributed by atoms with Crippen LogP contribution in [0.1, 0.15) is 43.0 Å². The van der Waals surface area contributed by atoms with E-state index in [0.29, 0.717) is 13.1 Å². The summed E-state index contributed by atoms with van der Waals surface area (Å²) in [5, 5.41) is 11.2. The number of rotatable bonds is 6. The summed E-state index contributed by atoms with van der Waals surface area (Å²) >= 11 is 0.